The van der Waals surface area contributed by atoms with E-state index in [0.29, 0.717) is 0 Å². The number of carbonyl (C=O) groups is 1. The van der Waals surface area contributed by atoms with E-state index in [2.05, 4.69) is 6.07 Å². The monoisotopic (exact) mass is 223 g/mol. The van der Waals surface area contributed by atoms with Crippen LogP contribution in [0.2, 0.25) is 0 Å². The molecular weight excluding hydrogens is 210 g/mol. The van der Waals surface area contributed by atoms with Crippen molar-refractivity contribution in [2.45, 2.75) is 25.1 Å². The highest BCUT2D eigenvalue weighted by Crippen LogP contribution is 2.27. The summed E-state index contributed by atoms with van der Waals surface area (Å²) in [5.74, 6) is 0.00353. The fraction of sp³-hybridized carbons (Fsp3) is 0.417. The molecule has 1 aromatic carbocycles. The van der Waals surface area contributed by atoms with Gasteiger partial charge < -0.3 is 4.90 Å². The average molecular weight is 224 g/mol. The molecule has 1 unspecified atom stereocenters. The van der Waals surface area contributed by atoms with Gasteiger partial charge in [0, 0.05) is 12.2 Å². The second kappa shape index (κ2) is 4.23. The summed E-state index contributed by atoms with van der Waals surface area (Å²) in [5.41, 5.74) is 2.27. The SMILES string of the molecule is CC(Cl)C(=O)N1CCCc2ccccc21. The molecule has 0 aliphatic carbocycles. The molecule has 15 heavy (non-hydrogen) atoms. The number of hydrogen-bond acceptors (Lipinski definition) is 1. The van der Waals surface area contributed by atoms with Crippen LogP contribution in [-0.2, 0) is 11.2 Å². The number of para-hydroxylation sites is 1. The maximum atomic E-state index is 11.9. The first-order valence-corrected chi connectivity index (χ1v) is 5.67. The summed E-state index contributed by atoms with van der Waals surface area (Å²) < 4.78 is 0. The van der Waals surface area contributed by atoms with E-state index in [0.717, 1.165) is 25.1 Å². The first kappa shape index (κ1) is 10.5. The minimum Gasteiger partial charge on any atom is -0.311 e. The molecule has 1 aromatic rings. The van der Waals surface area contributed by atoms with Crippen molar-refractivity contribution in [3.63, 3.8) is 0 Å². The molecule has 2 rings (SSSR count). The highest BCUT2D eigenvalue weighted by atomic mass is 35.5. The number of anilines is 1. The number of rotatable bonds is 1. The summed E-state index contributed by atoms with van der Waals surface area (Å²) >= 11 is 5.84. The summed E-state index contributed by atoms with van der Waals surface area (Å²) in [5, 5.41) is -0.448. The van der Waals surface area contributed by atoms with Gasteiger partial charge in [0.1, 0.15) is 5.38 Å². The number of aryl methyl sites for hydroxylation is 1. The van der Waals surface area contributed by atoms with Crippen molar-refractivity contribution in [3.05, 3.63) is 29.8 Å². The number of carbonyl (C=O) groups excluding carboxylic acids is 1. The predicted octanol–water partition coefficient (Wildman–Crippen LogP) is 2.59. The number of fused-ring (bicyclic) bond motifs is 1. The van der Waals surface area contributed by atoms with Crippen LogP contribution in [0, 0.1) is 0 Å². The van der Waals surface area contributed by atoms with E-state index >= 15 is 0 Å². The van der Waals surface area contributed by atoms with Gasteiger partial charge in [-0.3, -0.25) is 4.79 Å². The van der Waals surface area contributed by atoms with Crippen LogP contribution in [0.15, 0.2) is 24.3 Å². The number of alkyl halides is 1. The topological polar surface area (TPSA) is 20.3 Å². The van der Waals surface area contributed by atoms with E-state index in [4.69, 9.17) is 11.6 Å². The molecule has 1 heterocycles. The molecule has 1 amide bonds. The van der Waals surface area contributed by atoms with Gasteiger partial charge in [0.05, 0.1) is 0 Å². The summed E-state index contributed by atoms with van der Waals surface area (Å²) in [6, 6.07) is 8.04. The van der Waals surface area contributed by atoms with Gasteiger partial charge in [-0.15, -0.1) is 11.6 Å². The van der Waals surface area contributed by atoms with E-state index in [9.17, 15) is 4.79 Å². The lowest BCUT2D eigenvalue weighted by atomic mass is 10.0. The Labute approximate surface area is 94.8 Å². The zero-order valence-electron chi connectivity index (χ0n) is 8.74. The zero-order chi connectivity index (χ0) is 10.8. The standard InChI is InChI=1S/C12H14ClNO/c1-9(13)12(15)14-8-4-6-10-5-2-3-7-11(10)14/h2-3,5,7,9H,4,6,8H2,1H3. The lowest BCUT2D eigenvalue weighted by Crippen LogP contribution is -2.39. The van der Waals surface area contributed by atoms with Gasteiger partial charge in [-0.1, -0.05) is 18.2 Å². The maximum Gasteiger partial charge on any atom is 0.244 e. The lowest BCUT2D eigenvalue weighted by molar-refractivity contribution is -0.118. The van der Waals surface area contributed by atoms with Crippen molar-refractivity contribution >= 4 is 23.2 Å². The van der Waals surface area contributed by atoms with Gasteiger partial charge in [-0.05, 0) is 31.4 Å². The maximum absolute atomic E-state index is 11.9. The van der Waals surface area contributed by atoms with Gasteiger partial charge >= 0.3 is 0 Å². The Hall–Kier alpha value is -1.02. The van der Waals surface area contributed by atoms with Gasteiger partial charge in [-0.2, -0.15) is 0 Å². The minimum atomic E-state index is -0.448. The highest BCUT2D eigenvalue weighted by molar-refractivity contribution is 6.32. The van der Waals surface area contributed by atoms with Crippen LogP contribution in [0.1, 0.15) is 18.9 Å². The fourth-order valence-electron chi connectivity index (χ4n) is 1.98. The second-order valence-corrected chi connectivity index (χ2v) is 4.49. The molecule has 3 heteroatoms. The van der Waals surface area contributed by atoms with Gasteiger partial charge in [-0.25, -0.2) is 0 Å². The van der Waals surface area contributed by atoms with Crippen LogP contribution < -0.4 is 4.90 Å². The predicted molar refractivity (Wildman–Crippen MR) is 62.4 cm³/mol. The summed E-state index contributed by atoms with van der Waals surface area (Å²) in [4.78, 5) is 13.7. The molecule has 1 aliphatic heterocycles. The number of nitrogens with zero attached hydrogens (tertiary/aromatic N) is 1. The van der Waals surface area contributed by atoms with Gasteiger partial charge in [0.15, 0.2) is 0 Å². The van der Waals surface area contributed by atoms with Crippen molar-refractivity contribution in [2.75, 3.05) is 11.4 Å². The van der Waals surface area contributed by atoms with Crippen molar-refractivity contribution < 1.29 is 4.79 Å². The number of halogens is 1. The summed E-state index contributed by atoms with van der Waals surface area (Å²) in [6.45, 7) is 2.51. The summed E-state index contributed by atoms with van der Waals surface area (Å²) in [7, 11) is 0. The Kier molecular flexibility index (Phi) is 2.96. The largest absolute Gasteiger partial charge is 0.311 e. The second-order valence-electron chi connectivity index (χ2n) is 3.84. The van der Waals surface area contributed by atoms with Crippen LogP contribution in [0.4, 0.5) is 5.69 Å². The Morgan fingerprint density at radius 2 is 2.20 bits per heavy atom. The van der Waals surface area contributed by atoms with E-state index in [-0.39, 0.29) is 5.91 Å². The Bertz CT molecular complexity index is 376. The van der Waals surface area contributed by atoms with Crippen LogP contribution >= 0.6 is 11.6 Å². The molecule has 1 atom stereocenters. The highest BCUT2D eigenvalue weighted by Gasteiger charge is 2.24. The van der Waals surface area contributed by atoms with Crippen molar-refractivity contribution in [1.82, 2.24) is 0 Å². The van der Waals surface area contributed by atoms with Gasteiger partial charge in [0.25, 0.3) is 0 Å². The third kappa shape index (κ3) is 2.00. The van der Waals surface area contributed by atoms with E-state index in [1.807, 2.05) is 18.2 Å². The minimum absolute atomic E-state index is 0.00353. The molecule has 0 radical (unpaired) electrons. The quantitative estimate of drug-likeness (QED) is 0.671. The number of benzene rings is 1. The molecule has 0 fully saturated rings. The first-order valence-electron chi connectivity index (χ1n) is 5.23. The van der Waals surface area contributed by atoms with Crippen molar-refractivity contribution in [1.29, 1.82) is 0 Å². The Morgan fingerprint density at radius 1 is 1.47 bits per heavy atom. The van der Waals surface area contributed by atoms with Crippen LogP contribution in [0.5, 0.6) is 0 Å². The molecule has 0 N–H and O–H groups in total. The third-order valence-electron chi connectivity index (χ3n) is 2.72. The van der Waals surface area contributed by atoms with E-state index in [1.165, 1.54) is 5.56 Å². The lowest BCUT2D eigenvalue weighted by Gasteiger charge is -2.30. The zero-order valence-corrected chi connectivity index (χ0v) is 9.50. The molecule has 0 saturated heterocycles. The number of amides is 1. The summed E-state index contributed by atoms with van der Waals surface area (Å²) in [6.07, 6.45) is 2.07. The average Bonchev–Trinajstić information content (AvgIpc) is 2.27. The molecule has 0 aromatic heterocycles. The molecule has 80 valence electrons. The first-order chi connectivity index (χ1) is 7.20. The van der Waals surface area contributed by atoms with Crippen molar-refractivity contribution in [3.8, 4) is 0 Å². The van der Waals surface area contributed by atoms with Crippen molar-refractivity contribution in [2.24, 2.45) is 0 Å². The van der Waals surface area contributed by atoms with Crippen LogP contribution in [0.25, 0.3) is 0 Å². The molecular formula is C12H14ClNO. The van der Waals surface area contributed by atoms with Crippen LogP contribution in [-0.4, -0.2) is 17.8 Å². The van der Waals surface area contributed by atoms with Crippen LogP contribution in [0.3, 0.4) is 0 Å². The van der Waals surface area contributed by atoms with E-state index < -0.39 is 5.38 Å². The molecule has 0 bridgehead atoms. The molecule has 1 aliphatic rings. The Balaban J connectivity index is 2.34. The van der Waals surface area contributed by atoms with E-state index in [1.54, 1.807) is 11.8 Å². The number of hydrogen-bond donors (Lipinski definition) is 0. The Morgan fingerprint density at radius 3 is 2.93 bits per heavy atom. The molecule has 0 spiro atoms. The van der Waals surface area contributed by atoms with Gasteiger partial charge in [0.2, 0.25) is 5.91 Å². The smallest absolute Gasteiger partial charge is 0.244 e. The molecule has 2 nitrogen and oxygen atoms in total. The normalized spacial score (nSPS) is 17.1. The fourth-order valence-corrected chi connectivity index (χ4v) is 2.10. The third-order valence-corrected chi connectivity index (χ3v) is 2.90. The molecule has 0 saturated carbocycles.